The van der Waals surface area contributed by atoms with Crippen LogP contribution in [0.1, 0.15) is 48.7 Å². The second kappa shape index (κ2) is 6.44. The van der Waals surface area contributed by atoms with Crippen LogP contribution in [0.2, 0.25) is 0 Å². The molecule has 3 rings (SSSR count). The average molecular weight is 286 g/mol. The lowest BCUT2D eigenvalue weighted by Gasteiger charge is -2.23. The van der Waals surface area contributed by atoms with Crippen LogP contribution >= 0.6 is 0 Å². The third-order valence-corrected chi connectivity index (χ3v) is 4.53. The summed E-state index contributed by atoms with van der Waals surface area (Å²) < 4.78 is 5.83. The number of fused-ring (bicyclic) bond motifs is 1. The molecular formula is C18H24NO2+. The van der Waals surface area contributed by atoms with Gasteiger partial charge in [0, 0.05) is 11.8 Å². The van der Waals surface area contributed by atoms with Crippen molar-refractivity contribution in [2.24, 2.45) is 0 Å². The van der Waals surface area contributed by atoms with Crippen molar-refractivity contribution in [3.63, 3.8) is 0 Å². The maximum atomic E-state index is 12.7. The van der Waals surface area contributed by atoms with Crippen LogP contribution in [0, 0.1) is 0 Å². The number of piperidine rings is 1. The van der Waals surface area contributed by atoms with E-state index in [4.69, 9.17) is 4.42 Å². The zero-order chi connectivity index (χ0) is 14.7. The van der Waals surface area contributed by atoms with Crippen molar-refractivity contribution in [3.05, 3.63) is 35.6 Å². The van der Waals surface area contributed by atoms with Gasteiger partial charge in [0.2, 0.25) is 0 Å². The fraction of sp³-hybridized carbons (Fsp3) is 0.500. The summed E-state index contributed by atoms with van der Waals surface area (Å²) in [5.74, 6) is 1.09. The highest BCUT2D eigenvalue weighted by atomic mass is 16.3. The average Bonchev–Trinajstić information content (AvgIpc) is 2.92. The lowest BCUT2D eigenvalue weighted by atomic mass is 10.0. The van der Waals surface area contributed by atoms with E-state index in [2.05, 4.69) is 0 Å². The van der Waals surface area contributed by atoms with Gasteiger partial charge >= 0.3 is 0 Å². The number of para-hydroxylation sites is 1. The molecule has 0 spiro atoms. The topological polar surface area (TPSA) is 34.6 Å². The maximum absolute atomic E-state index is 12.7. The molecule has 1 aromatic carbocycles. The number of benzene rings is 1. The number of ketones is 1. The van der Waals surface area contributed by atoms with Crippen molar-refractivity contribution in [3.8, 4) is 0 Å². The molecule has 1 N–H and O–H groups in total. The van der Waals surface area contributed by atoms with Gasteiger partial charge in [-0.15, -0.1) is 0 Å². The number of furan rings is 1. The van der Waals surface area contributed by atoms with Crippen LogP contribution in [0.15, 0.2) is 28.7 Å². The Morgan fingerprint density at radius 1 is 1.19 bits per heavy atom. The Morgan fingerprint density at radius 2 is 1.95 bits per heavy atom. The summed E-state index contributed by atoms with van der Waals surface area (Å²) in [6.07, 6.45) is 5.36. The Hall–Kier alpha value is -1.61. The molecule has 1 aromatic heterocycles. The number of carbonyl (C=O) groups excluding carboxylic acids is 1. The summed E-state index contributed by atoms with van der Waals surface area (Å²) >= 11 is 0. The van der Waals surface area contributed by atoms with Gasteiger partial charge < -0.3 is 9.32 Å². The summed E-state index contributed by atoms with van der Waals surface area (Å²) in [5.41, 5.74) is 1.66. The number of nitrogens with one attached hydrogen (secondary N) is 1. The van der Waals surface area contributed by atoms with Crippen LogP contribution in [-0.4, -0.2) is 25.4 Å². The maximum Gasteiger partial charge on any atom is 0.172 e. The quantitative estimate of drug-likeness (QED) is 0.858. The van der Waals surface area contributed by atoms with E-state index in [1.54, 1.807) is 4.90 Å². The largest absolute Gasteiger partial charge is 0.460 e. The molecule has 2 aromatic rings. The van der Waals surface area contributed by atoms with Crippen molar-refractivity contribution in [1.29, 1.82) is 0 Å². The highest BCUT2D eigenvalue weighted by Gasteiger charge is 2.21. The lowest BCUT2D eigenvalue weighted by Crippen LogP contribution is -3.12. The molecule has 1 fully saturated rings. The van der Waals surface area contributed by atoms with E-state index in [0.717, 1.165) is 35.3 Å². The highest BCUT2D eigenvalue weighted by Crippen LogP contribution is 2.27. The number of hydrogen-bond acceptors (Lipinski definition) is 2. The molecule has 112 valence electrons. The Balaban J connectivity index is 1.77. The first-order chi connectivity index (χ1) is 10.3. The fourth-order valence-corrected chi connectivity index (χ4v) is 3.37. The van der Waals surface area contributed by atoms with Crippen molar-refractivity contribution < 1.29 is 14.1 Å². The van der Waals surface area contributed by atoms with Crippen molar-refractivity contribution in [2.45, 2.75) is 39.0 Å². The first kappa shape index (κ1) is 14.3. The van der Waals surface area contributed by atoms with Gasteiger partial charge in [-0.05, 0) is 25.3 Å². The standard InChI is InChI=1S/C18H23NO2/c1-2-16-18(14-8-4-5-9-17(14)21-16)15(20)10-13-19-11-6-3-7-12-19/h4-5,8-9H,2-3,6-7,10-13H2,1H3/p+1. The van der Waals surface area contributed by atoms with Crippen LogP contribution in [0.25, 0.3) is 11.0 Å². The van der Waals surface area contributed by atoms with Crippen molar-refractivity contribution in [2.75, 3.05) is 19.6 Å². The van der Waals surface area contributed by atoms with E-state index in [-0.39, 0.29) is 5.78 Å². The molecule has 0 atom stereocenters. The molecule has 2 heterocycles. The lowest BCUT2D eigenvalue weighted by molar-refractivity contribution is -0.904. The second-order valence-corrected chi connectivity index (χ2v) is 5.98. The third-order valence-electron chi connectivity index (χ3n) is 4.53. The third kappa shape index (κ3) is 3.03. The minimum Gasteiger partial charge on any atom is -0.460 e. The number of rotatable bonds is 5. The van der Waals surface area contributed by atoms with E-state index in [0.29, 0.717) is 6.42 Å². The molecule has 0 radical (unpaired) electrons. The first-order valence-corrected chi connectivity index (χ1v) is 8.16. The second-order valence-electron chi connectivity index (χ2n) is 5.98. The molecule has 1 aliphatic heterocycles. The van der Waals surface area contributed by atoms with Gasteiger partial charge in [-0.1, -0.05) is 25.1 Å². The van der Waals surface area contributed by atoms with Gasteiger partial charge in [0.15, 0.2) is 5.78 Å². The molecule has 0 amide bonds. The molecule has 0 bridgehead atoms. The van der Waals surface area contributed by atoms with Gasteiger partial charge in [-0.25, -0.2) is 0 Å². The van der Waals surface area contributed by atoms with Crippen LogP contribution < -0.4 is 4.90 Å². The first-order valence-electron chi connectivity index (χ1n) is 8.16. The Bertz CT molecular complexity index is 623. The molecule has 21 heavy (non-hydrogen) atoms. The number of Topliss-reactive ketones (excluding diaryl/α,β-unsaturated/α-hetero) is 1. The van der Waals surface area contributed by atoms with Gasteiger partial charge in [-0.2, -0.15) is 0 Å². The molecular weight excluding hydrogens is 262 g/mol. The summed E-state index contributed by atoms with van der Waals surface area (Å²) in [6.45, 7) is 5.45. The van der Waals surface area contributed by atoms with Gasteiger partial charge in [0.25, 0.3) is 0 Å². The number of quaternary nitrogens is 1. The number of hydrogen-bond donors (Lipinski definition) is 1. The smallest absolute Gasteiger partial charge is 0.172 e. The minimum absolute atomic E-state index is 0.245. The molecule has 0 aliphatic carbocycles. The molecule has 0 unspecified atom stereocenters. The zero-order valence-corrected chi connectivity index (χ0v) is 12.8. The molecule has 1 aliphatic rings. The van der Waals surface area contributed by atoms with E-state index in [9.17, 15) is 4.79 Å². The normalized spacial score (nSPS) is 16.4. The van der Waals surface area contributed by atoms with Gasteiger partial charge in [0.1, 0.15) is 11.3 Å². The Labute approximate surface area is 125 Å². The highest BCUT2D eigenvalue weighted by molar-refractivity contribution is 6.08. The summed E-state index contributed by atoms with van der Waals surface area (Å²) in [5, 5.41) is 0.980. The van der Waals surface area contributed by atoms with Crippen molar-refractivity contribution in [1.82, 2.24) is 0 Å². The predicted molar refractivity (Wildman–Crippen MR) is 84.0 cm³/mol. The summed E-state index contributed by atoms with van der Waals surface area (Å²) in [7, 11) is 0. The van der Waals surface area contributed by atoms with E-state index in [1.165, 1.54) is 32.4 Å². The predicted octanol–water partition coefficient (Wildman–Crippen LogP) is 2.64. The fourth-order valence-electron chi connectivity index (χ4n) is 3.37. The van der Waals surface area contributed by atoms with Crippen LogP contribution in [0.5, 0.6) is 0 Å². The van der Waals surface area contributed by atoms with E-state index in [1.807, 2.05) is 31.2 Å². The molecule has 0 saturated carbocycles. The van der Waals surface area contributed by atoms with Gasteiger partial charge in [-0.3, -0.25) is 4.79 Å². The SMILES string of the molecule is CCc1oc2ccccc2c1C(=O)CC[NH+]1CCCCC1. The number of aryl methyl sites for hydroxylation is 1. The zero-order valence-electron chi connectivity index (χ0n) is 12.8. The van der Waals surface area contributed by atoms with E-state index >= 15 is 0 Å². The number of carbonyl (C=O) groups is 1. The molecule has 1 saturated heterocycles. The van der Waals surface area contributed by atoms with Gasteiger partial charge in [0.05, 0.1) is 31.6 Å². The van der Waals surface area contributed by atoms with Crippen LogP contribution in [-0.2, 0) is 6.42 Å². The van der Waals surface area contributed by atoms with E-state index < -0.39 is 0 Å². The molecule has 3 heteroatoms. The molecule has 3 nitrogen and oxygen atoms in total. The Kier molecular flexibility index (Phi) is 4.39. The summed E-state index contributed by atoms with van der Waals surface area (Å²) in [6, 6.07) is 7.88. The monoisotopic (exact) mass is 286 g/mol. The number of likely N-dealkylation sites (tertiary alicyclic amines) is 1. The summed E-state index contributed by atoms with van der Waals surface area (Å²) in [4.78, 5) is 14.3. The van der Waals surface area contributed by atoms with Crippen LogP contribution in [0.4, 0.5) is 0 Å². The Morgan fingerprint density at radius 3 is 2.71 bits per heavy atom. The van der Waals surface area contributed by atoms with Crippen LogP contribution in [0.3, 0.4) is 0 Å². The van der Waals surface area contributed by atoms with Crippen molar-refractivity contribution >= 4 is 16.8 Å². The minimum atomic E-state index is 0.245.